The summed E-state index contributed by atoms with van der Waals surface area (Å²) in [5.74, 6) is 1.80. The van der Waals surface area contributed by atoms with E-state index in [0.717, 1.165) is 18.7 Å². The van der Waals surface area contributed by atoms with Crippen molar-refractivity contribution in [1.29, 1.82) is 0 Å². The minimum atomic E-state index is -0.197. The summed E-state index contributed by atoms with van der Waals surface area (Å²) in [6.07, 6.45) is 2.17. The second-order valence-corrected chi connectivity index (χ2v) is 6.97. The molecule has 0 fully saturated rings. The second-order valence-electron chi connectivity index (χ2n) is 6.97. The van der Waals surface area contributed by atoms with Crippen LogP contribution in [0.3, 0.4) is 0 Å². The highest BCUT2D eigenvalue weighted by atomic mass is 16.5. The van der Waals surface area contributed by atoms with Crippen LogP contribution in [-0.2, 0) is 0 Å². The van der Waals surface area contributed by atoms with Crippen molar-refractivity contribution in [2.45, 2.75) is 52.2 Å². The van der Waals surface area contributed by atoms with E-state index in [-0.39, 0.29) is 11.4 Å². The summed E-state index contributed by atoms with van der Waals surface area (Å²) < 4.78 is 6.02. The minimum Gasteiger partial charge on any atom is -0.508 e. The summed E-state index contributed by atoms with van der Waals surface area (Å²) in [4.78, 5) is 2.42. The third-order valence-electron chi connectivity index (χ3n) is 4.02. The Bertz CT molecular complexity index is 468. The van der Waals surface area contributed by atoms with E-state index < -0.39 is 0 Å². The van der Waals surface area contributed by atoms with Gasteiger partial charge in [0.2, 0.25) is 0 Å². The number of nitrogens with zero attached hydrogens (tertiary/aromatic N) is 1. The minimum absolute atomic E-state index is 0.197. The number of benzene rings is 1. The number of hydrogen-bond acceptors (Lipinski definition) is 3. The normalized spacial score (nSPS) is 20.9. The first kappa shape index (κ1) is 15.2. The monoisotopic (exact) mass is 277 g/mol. The number of phenols is 1. The molecule has 0 saturated carbocycles. The molecule has 1 aromatic rings. The Hall–Kier alpha value is -1.22. The number of rotatable bonds is 4. The van der Waals surface area contributed by atoms with Gasteiger partial charge in [-0.25, -0.2) is 0 Å². The topological polar surface area (TPSA) is 32.7 Å². The fraction of sp³-hybridized carbons (Fsp3) is 0.647. The van der Waals surface area contributed by atoms with Crippen molar-refractivity contribution >= 4 is 0 Å². The SMILES string of the molecule is CC(C)CCN(C)C1CC(C)(C)Oc2cc(O)ccc21. The Kier molecular flexibility index (Phi) is 4.28. The molecule has 1 heterocycles. The predicted molar refractivity (Wildman–Crippen MR) is 82.3 cm³/mol. The van der Waals surface area contributed by atoms with Gasteiger partial charge in [-0.1, -0.05) is 19.9 Å². The van der Waals surface area contributed by atoms with Crippen molar-refractivity contribution in [2.75, 3.05) is 13.6 Å². The zero-order valence-corrected chi connectivity index (χ0v) is 13.3. The number of hydrogen-bond donors (Lipinski definition) is 1. The molecular weight excluding hydrogens is 250 g/mol. The first-order valence-corrected chi connectivity index (χ1v) is 7.50. The number of phenolic OH excluding ortho intramolecular Hbond substituents is 1. The first-order chi connectivity index (χ1) is 9.28. The Labute approximate surface area is 122 Å². The van der Waals surface area contributed by atoms with Crippen LogP contribution < -0.4 is 4.74 Å². The molecule has 20 heavy (non-hydrogen) atoms. The molecule has 1 aliphatic rings. The predicted octanol–water partition coefficient (Wildman–Crippen LogP) is 3.97. The van der Waals surface area contributed by atoms with E-state index in [1.807, 2.05) is 6.07 Å². The van der Waals surface area contributed by atoms with E-state index in [1.165, 1.54) is 12.0 Å². The maximum atomic E-state index is 9.67. The van der Waals surface area contributed by atoms with Crippen molar-refractivity contribution in [3.8, 4) is 11.5 Å². The van der Waals surface area contributed by atoms with Gasteiger partial charge in [0, 0.05) is 24.1 Å². The van der Waals surface area contributed by atoms with E-state index in [0.29, 0.717) is 12.0 Å². The second kappa shape index (κ2) is 5.65. The fourth-order valence-corrected chi connectivity index (χ4v) is 2.81. The van der Waals surface area contributed by atoms with Gasteiger partial charge in [-0.3, -0.25) is 4.90 Å². The van der Waals surface area contributed by atoms with Crippen LogP contribution in [0.25, 0.3) is 0 Å². The van der Waals surface area contributed by atoms with Crippen LogP contribution in [0.2, 0.25) is 0 Å². The standard InChI is InChI=1S/C17H27NO2/c1-12(2)8-9-18(5)15-11-17(3,4)20-16-10-13(19)6-7-14(15)16/h6-7,10,12,15,19H,8-9,11H2,1-5H3. The van der Waals surface area contributed by atoms with Gasteiger partial charge in [0.25, 0.3) is 0 Å². The molecule has 1 N–H and O–H groups in total. The highest BCUT2D eigenvalue weighted by molar-refractivity contribution is 5.44. The van der Waals surface area contributed by atoms with Crippen molar-refractivity contribution in [3.63, 3.8) is 0 Å². The van der Waals surface area contributed by atoms with Gasteiger partial charge < -0.3 is 9.84 Å². The Balaban J connectivity index is 2.24. The van der Waals surface area contributed by atoms with Gasteiger partial charge in [-0.05, 0) is 45.8 Å². The molecule has 1 unspecified atom stereocenters. The average molecular weight is 277 g/mol. The zero-order valence-electron chi connectivity index (χ0n) is 13.3. The lowest BCUT2D eigenvalue weighted by Gasteiger charge is -2.41. The number of fused-ring (bicyclic) bond motifs is 1. The lowest BCUT2D eigenvalue weighted by Crippen LogP contribution is -2.40. The lowest BCUT2D eigenvalue weighted by molar-refractivity contribution is 0.0360. The third-order valence-corrected chi connectivity index (χ3v) is 4.02. The summed E-state index contributed by atoms with van der Waals surface area (Å²) in [7, 11) is 2.19. The Morgan fingerprint density at radius 1 is 1.40 bits per heavy atom. The molecule has 1 atom stereocenters. The summed E-state index contributed by atoms with van der Waals surface area (Å²) in [5, 5.41) is 9.67. The summed E-state index contributed by atoms with van der Waals surface area (Å²) in [6, 6.07) is 5.84. The van der Waals surface area contributed by atoms with Gasteiger partial charge in [0.15, 0.2) is 0 Å². The highest BCUT2D eigenvalue weighted by Gasteiger charge is 2.35. The van der Waals surface area contributed by atoms with E-state index in [1.54, 1.807) is 12.1 Å². The number of ether oxygens (including phenoxy) is 1. The van der Waals surface area contributed by atoms with Crippen LogP contribution in [-0.4, -0.2) is 29.2 Å². The zero-order chi connectivity index (χ0) is 14.9. The van der Waals surface area contributed by atoms with Gasteiger partial charge in [0.05, 0.1) is 0 Å². The molecule has 1 aromatic carbocycles. The molecule has 3 heteroatoms. The van der Waals surface area contributed by atoms with E-state index in [2.05, 4.69) is 39.6 Å². The fourth-order valence-electron chi connectivity index (χ4n) is 2.81. The Morgan fingerprint density at radius 2 is 2.10 bits per heavy atom. The van der Waals surface area contributed by atoms with E-state index in [9.17, 15) is 5.11 Å². The van der Waals surface area contributed by atoms with Gasteiger partial charge >= 0.3 is 0 Å². The van der Waals surface area contributed by atoms with Gasteiger partial charge in [-0.2, -0.15) is 0 Å². The van der Waals surface area contributed by atoms with Crippen LogP contribution >= 0.6 is 0 Å². The van der Waals surface area contributed by atoms with Gasteiger partial charge in [-0.15, -0.1) is 0 Å². The van der Waals surface area contributed by atoms with E-state index in [4.69, 9.17) is 4.74 Å². The molecule has 0 amide bonds. The van der Waals surface area contributed by atoms with Crippen LogP contribution in [0.15, 0.2) is 18.2 Å². The van der Waals surface area contributed by atoms with Crippen molar-refractivity contribution < 1.29 is 9.84 Å². The van der Waals surface area contributed by atoms with Crippen molar-refractivity contribution in [3.05, 3.63) is 23.8 Å². The quantitative estimate of drug-likeness (QED) is 0.903. The maximum absolute atomic E-state index is 9.67. The summed E-state index contributed by atoms with van der Waals surface area (Å²) in [6.45, 7) is 9.83. The largest absolute Gasteiger partial charge is 0.508 e. The molecule has 1 aliphatic heterocycles. The van der Waals surface area contributed by atoms with Crippen molar-refractivity contribution in [2.24, 2.45) is 5.92 Å². The van der Waals surface area contributed by atoms with E-state index >= 15 is 0 Å². The smallest absolute Gasteiger partial charge is 0.128 e. The van der Waals surface area contributed by atoms with Crippen LogP contribution in [0.5, 0.6) is 11.5 Å². The van der Waals surface area contributed by atoms with Crippen LogP contribution in [0, 0.1) is 5.92 Å². The average Bonchev–Trinajstić information content (AvgIpc) is 2.33. The molecular formula is C17H27NO2. The maximum Gasteiger partial charge on any atom is 0.128 e. The highest BCUT2D eigenvalue weighted by Crippen LogP contribution is 2.43. The summed E-state index contributed by atoms with van der Waals surface area (Å²) >= 11 is 0. The van der Waals surface area contributed by atoms with Crippen molar-refractivity contribution in [1.82, 2.24) is 4.90 Å². The van der Waals surface area contributed by atoms with Crippen LogP contribution in [0.1, 0.15) is 52.1 Å². The molecule has 0 spiro atoms. The molecule has 3 nitrogen and oxygen atoms in total. The lowest BCUT2D eigenvalue weighted by atomic mass is 9.88. The molecule has 0 bridgehead atoms. The molecule has 112 valence electrons. The molecule has 0 radical (unpaired) electrons. The molecule has 2 rings (SSSR count). The molecule has 0 saturated heterocycles. The molecule has 0 aromatic heterocycles. The first-order valence-electron chi connectivity index (χ1n) is 7.50. The summed E-state index contributed by atoms with van der Waals surface area (Å²) in [5.41, 5.74) is 0.991. The number of aromatic hydroxyl groups is 1. The third kappa shape index (κ3) is 3.45. The Morgan fingerprint density at radius 3 is 2.75 bits per heavy atom. The molecule has 0 aliphatic carbocycles. The van der Waals surface area contributed by atoms with Crippen LogP contribution in [0.4, 0.5) is 0 Å². The van der Waals surface area contributed by atoms with Gasteiger partial charge in [0.1, 0.15) is 17.1 Å².